The van der Waals surface area contributed by atoms with E-state index in [-0.39, 0.29) is 16.6 Å². The molecule has 1 aliphatic rings. The van der Waals surface area contributed by atoms with Gasteiger partial charge in [0.25, 0.3) is 10.1 Å². The Kier molecular flexibility index (Phi) is 9.78. The zero-order valence-corrected chi connectivity index (χ0v) is 21.1. The van der Waals surface area contributed by atoms with Gasteiger partial charge in [-0.05, 0) is 88.4 Å². The number of nitrogens with one attached hydrogen (secondary N) is 2. The van der Waals surface area contributed by atoms with Crippen LogP contribution in [-0.4, -0.2) is 55.2 Å². The first kappa shape index (κ1) is 28.7. The highest BCUT2D eigenvalue weighted by Crippen LogP contribution is 2.23. The van der Waals surface area contributed by atoms with Gasteiger partial charge in [0.05, 0.1) is 4.90 Å². The van der Waals surface area contributed by atoms with E-state index in [4.69, 9.17) is 4.55 Å². The predicted molar refractivity (Wildman–Crippen MR) is 132 cm³/mol. The minimum atomic E-state index is -4.59. The first-order valence-electron chi connectivity index (χ1n) is 10.7. The van der Waals surface area contributed by atoms with Crippen molar-refractivity contribution >= 4 is 38.9 Å². The van der Waals surface area contributed by atoms with Crippen molar-refractivity contribution in [2.75, 3.05) is 25.5 Å². The Morgan fingerprint density at radius 1 is 1.11 bits per heavy atom. The number of carbonyl (C=O) groups is 1. The molecule has 0 spiro atoms. The summed E-state index contributed by atoms with van der Waals surface area (Å²) < 4.78 is 66.9. The molecule has 2 aromatic carbocycles. The summed E-state index contributed by atoms with van der Waals surface area (Å²) in [4.78, 5) is 14.7. The van der Waals surface area contributed by atoms with E-state index < -0.39 is 21.5 Å². The molecule has 192 valence electrons. The standard InChI is InChI=1S/C15H18F3N3OS.C8H10O3S/c1-21-7-5-10(6-8-21)13(22)11-3-2-4-12(9-11)19-14(23)20-15(16,17)18;1-6-4-3-5-8(7(6)2)12(9,10)11/h2-4,9-10H,5-8H2,1H3,(H2,19,20,23);3-5H,1-2H3,(H,9,10,11). The number of anilines is 1. The van der Waals surface area contributed by atoms with Gasteiger partial charge in [0.1, 0.15) is 0 Å². The third-order valence-electron chi connectivity index (χ3n) is 5.58. The fraction of sp³-hybridized carbons (Fsp3) is 0.391. The predicted octanol–water partition coefficient (Wildman–Crippen LogP) is 4.57. The number of ketones is 1. The van der Waals surface area contributed by atoms with E-state index in [1.165, 1.54) is 17.4 Å². The summed E-state index contributed by atoms with van der Waals surface area (Å²) in [6.07, 6.45) is -3.01. The van der Waals surface area contributed by atoms with E-state index in [0.717, 1.165) is 31.5 Å². The van der Waals surface area contributed by atoms with Gasteiger partial charge in [0.15, 0.2) is 10.9 Å². The molecule has 1 aliphatic heterocycles. The second kappa shape index (κ2) is 11.9. The lowest BCUT2D eigenvalue weighted by atomic mass is 9.89. The fourth-order valence-corrected chi connectivity index (χ4v) is 4.58. The second-order valence-electron chi connectivity index (χ2n) is 8.27. The molecule has 3 rings (SSSR count). The lowest BCUT2D eigenvalue weighted by molar-refractivity contribution is -0.141. The quantitative estimate of drug-likeness (QED) is 0.229. The number of rotatable bonds is 4. The molecule has 1 saturated heterocycles. The van der Waals surface area contributed by atoms with Crippen LogP contribution in [0.15, 0.2) is 47.4 Å². The minimum Gasteiger partial charge on any atom is -0.333 e. The Bertz CT molecular complexity index is 1160. The molecule has 35 heavy (non-hydrogen) atoms. The van der Waals surface area contributed by atoms with Gasteiger partial charge in [-0.3, -0.25) is 14.7 Å². The highest BCUT2D eigenvalue weighted by molar-refractivity contribution is 7.85. The van der Waals surface area contributed by atoms with Crippen molar-refractivity contribution in [2.45, 2.75) is 37.9 Å². The number of piperidine rings is 1. The van der Waals surface area contributed by atoms with Gasteiger partial charge in [0.2, 0.25) is 0 Å². The molecule has 0 unspecified atom stereocenters. The number of likely N-dealkylation sites (tertiary alicyclic amines) is 1. The topological polar surface area (TPSA) is 98.7 Å². The van der Waals surface area contributed by atoms with E-state index in [9.17, 15) is 26.4 Å². The zero-order chi connectivity index (χ0) is 26.4. The minimum absolute atomic E-state index is 0.0116. The maximum Gasteiger partial charge on any atom is 0.484 e. The third kappa shape index (κ3) is 9.21. The van der Waals surface area contributed by atoms with Crippen LogP contribution in [0.2, 0.25) is 0 Å². The van der Waals surface area contributed by atoms with Crippen molar-refractivity contribution in [1.82, 2.24) is 10.2 Å². The summed E-state index contributed by atoms with van der Waals surface area (Å²) in [5, 5.41) is 3.10. The molecular weight excluding hydrogens is 503 g/mol. The van der Waals surface area contributed by atoms with E-state index in [1.54, 1.807) is 44.2 Å². The molecular formula is C23H28F3N3O4S2. The lowest BCUT2D eigenvalue weighted by Gasteiger charge is -2.28. The maximum absolute atomic E-state index is 12.5. The zero-order valence-electron chi connectivity index (χ0n) is 19.5. The summed E-state index contributed by atoms with van der Waals surface area (Å²) in [7, 11) is -2.04. The number of thiocarbonyl (C=S) groups is 1. The molecule has 0 amide bonds. The van der Waals surface area contributed by atoms with Crippen LogP contribution >= 0.6 is 12.2 Å². The summed E-state index contributed by atoms with van der Waals surface area (Å²) in [6.45, 7) is 5.20. The SMILES string of the molecule is CN1CCC(C(=O)c2cccc(NC(=S)NC(F)(F)F)c2)CC1.Cc1cccc(S(=O)(=O)O)c1C. The van der Waals surface area contributed by atoms with Crippen LogP contribution in [0.3, 0.4) is 0 Å². The summed E-state index contributed by atoms with van der Waals surface area (Å²) in [6, 6.07) is 11.2. The van der Waals surface area contributed by atoms with Gasteiger partial charge < -0.3 is 10.2 Å². The third-order valence-corrected chi connectivity index (χ3v) is 6.78. The summed E-state index contributed by atoms with van der Waals surface area (Å²) in [5.41, 5.74) is 2.29. The van der Waals surface area contributed by atoms with Gasteiger partial charge >= 0.3 is 6.30 Å². The fourth-order valence-electron chi connectivity index (χ4n) is 3.55. The van der Waals surface area contributed by atoms with E-state index >= 15 is 0 Å². The van der Waals surface area contributed by atoms with Crippen LogP contribution in [0.25, 0.3) is 0 Å². The largest absolute Gasteiger partial charge is 0.484 e. The summed E-state index contributed by atoms with van der Waals surface area (Å²) in [5.74, 6) is -0.0156. The van der Waals surface area contributed by atoms with E-state index in [1.807, 2.05) is 7.05 Å². The van der Waals surface area contributed by atoms with Gasteiger partial charge in [0, 0.05) is 17.2 Å². The van der Waals surface area contributed by atoms with Gasteiger partial charge in [-0.15, -0.1) is 0 Å². The van der Waals surface area contributed by atoms with Crippen LogP contribution in [-0.2, 0) is 10.1 Å². The van der Waals surface area contributed by atoms with Crippen molar-refractivity contribution in [3.8, 4) is 0 Å². The van der Waals surface area contributed by atoms with Gasteiger partial charge in [-0.2, -0.15) is 21.6 Å². The number of benzene rings is 2. The second-order valence-corrected chi connectivity index (χ2v) is 10.1. The molecule has 7 nitrogen and oxygen atoms in total. The highest BCUT2D eigenvalue weighted by Gasteiger charge is 2.28. The molecule has 0 saturated carbocycles. The number of hydrogen-bond donors (Lipinski definition) is 3. The average Bonchev–Trinajstić information content (AvgIpc) is 2.74. The number of hydrogen-bond acceptors (Lipinski definition) is 5. The number of carbonyl (C=O) groups excluding carboxylic acids is 1. The molecule has 12 heteroatoms. The van der Waals surface area contributed by atoms with Crippen LogP contribution in [0.5, 0.6) is 0 Å². The van der Waals surface area contributed by atoms with Gasteiger partial charge in [-0.25, -0.2) is 0 Å². The Balaban J connectivity index is 0.000000303. The number of aryl methyl sites for hydroxylation is 1. The molecule has 3 N–H and O–H groups in total. The Morgan fingerprint density at radius 3 is 2.26 bits per heavy atom. The average molecular weight is 532 g/mol. The van der Waals surface area contributed by atoms with Crippen molar-refractivity contribution in [3.05, 3.63) is 59.2 Å². The highest BCUT2D eigenvalue weighted by atomic mass is 32.2. The van der Waals surface area contributed by atoms with Crippen molar-refractivity contribution in [1.29, 1.82) is 0 Å². The summed E-state index contributed by atoms with van der Waals surface area (Å²) >= 11 is 4.60. The number of alkyl halides is 3. The first-order valence-corrected chi connectivity index (χ1v) is 12.5. The van der Waals surface area contributed by atoms with Gasteiger partial charge in [-0.1, -0.05) is 24.3 Å². The Hall–Kier alpha value is -2.54. The molecule has 1 fully saturated rings. The van der Waals surface area contributed by atoms with Crippen molar-refractivity contribution < 1.29 is 30.9 Å². The lowest BCUT2D eigenvalue weighted by Crippen LogP contribution is -2.39. The number of Topliss-reactive ketones (excluding diaryl/α,β-unsaturated/α-hetero) is 1. The van der Waals surface area contributed by atoms with E-state index in [2.05, 4.69) is 22.4 Å². The maximum atomic E-state index is 12.5. The van der Waals surface area contributed by atoms with E-state index in [0.29, 0.717) is 16.8 Å². The first-order chi connectivity index (χ1) is 16.2. The Labute approximate surface area is 208 Å². The molecule has 2 aromatic rings. The monoisotopic (exact) mass is 531 g/mol. The number of nitrogens with zero attached hydrogens (tertiary/aromatic N) is 1. The van der Waals surface area contributed by atoms with Crippen LogP contribution < -0.4 is 10.6 Å². The molecule has 0 radical (unpaired) electrons. The molecule has 0 atom stereocenters. The molecule has 0 bridgehead atoms. The number of halogens is 3. The smallest absolute Gasteiger partial charge is 0.333 e. The Morgan fingerprint density at radius 2 is 1.71 bits per heavy atom. The molecule has 1 heterocycles. The normalized spacial score (nSPS) is 15.1. The van der Waals surface area contributed by atoms with Crippen LogP contribution in [0.1, 0.15) is 34.3 Å². The molecule has 0 aromatic heterocycles. The van der Waals surface area contributed by atoms with Crippen LogP contribution in [0.4, 0.5) is 18.9 Å². The van der Waals surface area contributed by atoms with Crippen molar-refractivity contribution in [2.24, 2.45) is 5.92 Å². The van der Waals surface area contributed by atoms with Crippen LogP contribution in [0, 0.1) is 19.8 Å². The molecule has 0 aliphatic carbocycles. The van der Waals surface area contributed by atoms with Crippen molar-refractivity contribution in [3.63, 3.8) is 0 Å².